The first kappa shape index (κ1) is 17.0. The fourth-order valence-electron chi connectivity index (χ4n) is 3.09. The zero-order chi connectivity index (χ0) is 18.0. The molecule has 0 amide bonds. The zero-order valence-electron chi connectivity index (χ0n) is 14.7. The van der Waals surface area contributed by atoms with Crippen molar-refractivity contribution >= 4 is 11.8 Å². The standard InChI is InChI=1S/C22H20O3/c1-22(2)13-12-20(23)18-14-16(8-11-19(18)22)5-4-15-6-9-17(10-7-15)21(24)25-3/h6-11,14H,12-13H2,1-3H3. The SMILES string of the molecule is COC(=O)c1ccc(C#Cc2ccc3c(c2)C(=O)CCC3(C)C)cc1. The summed E-state index contributed by atoms with van der Waals surface area (Å²) in [4.78, 5) is 23.7. The van der Waals surface area contributed by atoms with Crippen LogP contribution in [0.3, 0.4) is 0 Å². The first-order valence-electron chi connectivity index (χ1n) is 8.29. The molecule has 0 aliphatic heterocycles. The fraction of sp³-hybridized carbons (Fsp3) is 0.273. The average Bonchev–Trinajstić information content (AvgIpc) is 2.63. The summed E-state index contributed by atoms with van der Waals surface area (Å²) in [6, 6.07) is 12.8. The van der Waals surface area contributed by atoms with Crippen LogP contribution in [0.5, 0.6) is 0 Å². The lowest BCUT2D eigenvalue weighted by Crippen LogP contribution is -2.27. The molecule has 0 saturated carbocycles. The molecule has 0 N–H and O–H groups in total. The van der Waals surface area contributed by atoms with Gasteiger partial charge in [0, 0.05) is 23.1 Å². The lowest BCUT2D eigenvalue weighted by atomic mass is 9.72. The summed E-state index contributed by atoms with van der Waals surface area (Å²) in [6.45, 7) is 4.35. The van der Waals surface area contributed by atoms with Gasteiger partial charge in [0.05, 0.1) is 12.7 Å². The van der Waals surface area contributed by atoms with Crippen LogP contribution in [-0.4, -0.2) is 18.9 Å². The number of ketones is 1. The van der Waals surface area contributed by atoms with Crippen LogP contribution in [0.1, 0.15) is 64.1 Å². The Bertz CT molecular complexity index is 893. The quantitative estimate of drug-likeness (QED) is 0.582. The van der Waals surface area contributed by atoms with Gasteiger partial charge in [-0.25, -0.2) is 4.79 Å². The van der Waals surface area contributed by atoms with Crippen molar-refractivity contribution in [1.29, 1.82) is 0 Å². The van der Waals surface area contributed by atoms with Crippen LogP contribution < -0.4 is 0 Å². The molecule has 3 heteroatoms. The molecule has 0 unspecified atom stereocenters. The Morgan fingerprint density at radius 1 is 1.04 bits per heavy atom. The van der Waals surface area contributed by atoms with Crippen LogP contribution in [0.4, 0.5) is 0 Å². The molecule has 0 heterocycles. The second-order valence-electron chi connectivity index (χ2n) is 6.89. The van der Waals surface area contributed by atoms with Gasteiger partial charge in [-0.05, 0) is 53.8 Å². The first-order valence-corrected chi connectivity index (χ1v) is 8.29. The van der Waals surface area contributed by atoms with E-state index in [1.165, 1.54) is 7.11 Å². The Balaban J connectivity index is 1.88. The molecule has 0 radical (unpaired) electrons. The van der Waals surface area contributed by atoms with Crippen LogP contribution in [0.15, 0.2) is 42.5 Å². The number of carbonyl (C=O) groups excluding carboxylic acids is 2. The van der Waals surface area contributed by atoms with E-state index in [1.807, 2.05) is 18.2 Å². The molecule has 3 rings (SSSR count). The molecule has 0 bridgehead atoms. The molecule has 3 nitrogen and oxygen atoms in total. The van der Waals surface area contributed by atoms with E-state index in [2.05, 4.69) is 30.4 Å². The van der Waals surface area contributed by atoms with Crippen molar-refractivity contribution in [2.45, 2.75) is 32.1 Å². The van der Waals surface area contributed by atoms with Gasteiger partial charge < -0.3 is 4.74 Å². The molecule has 0 aromatic heterocycles. The van der Waals surface area contributed by atoms with E-state index in [4.69, 9.17) is 0 Å². The third-order valence-electron chi connectivity index (χ3n) is 4.68. The number of Topliss-reactive ketones (excluding diaryl/α,β-unsaturated/α-hetero) is 1. The Morgan fingerprint density at radius 2 is 1.68 bits per heavy atom. The highest BCUT2D eigenvalue weighted by Crippen LogP contribution is 2.36. The van der Waals surface area contributed by atoms with Crippen LogP contribution >= 0.6 is 0 Å². The van der Waals surface area contributed by atoms with E-state index in [0.717, 1.165) is 28.7 Å². The molecular formula is C22H20O3. The zero-order valence-corrected chi connectivity index (χ0v) is 14.7. The predicted molar refractivity (Wildman–Crippen MR) is 96.8 cm³/mol. The normalized spacial score (nSPS) is 14.9. The van der Waals surface area contributed by atoms with Crippen molar-refractivity contribution in [3.05, 3.63) is 70.3 Å². The number of benzene rings is 2. The van der Waals surface area contributed by atoms with Crippen molar-refractivity contribution in [2.24, 2.45) is 0 Å². The molecule has 1 aliphatic carbocycles. The number of esters is 1. The van der Waals surface area contributed by atoms with Crippen LogP contribution in [-0.2, 0) is 10.2 Å². The highest BCUT2D eigenvalue weighted by molar-refractivity contribution is 5.99. The van der Waals surface area contributed by atoms with E-state index in [0.29, 0.717) is 12.0 Å². The summed E-state index contributed by atoms with van der Waals surface area (Å²) in [5, 5.41) is 0. The predicted octanol–water partition coefficient (Wildman–Crippen LogP) is 4.13. The fourth-order valence-corrected chi connectivity index (χ4v) is 3.09. The van der Waals surface area contributed by atoms with Gasteiger partial charge >= 0.3 is 5.97 Å². The molecule has 0 spiro atoms. The summed E-state index contributed by atoms with van der Waals surface area (Å²) >= 11 is 0. The van der Waals surface area contributed by atoms with E-state index in [9.17, 15) is 9.59 Å². The van der Waals surface area contributed by atoms with Gasteiger partial charge in [-0.2, -0.15) is 0 Å². The molecular weight excluding hydrogens is 312 g/mol. The van der Waals surface area contributed by atoms with Crippen LogP contribution in [0, 0.1) is 11.8 Å². The largest absolute Gasteiger partial charge is 0.465 e. The third kappa shape index (κ3) is 3.49. The Kier molecular flexibility index (Phi) is 4.46. The first-order chi connectivity index (χ1) is 11.9. The van der Waals surface area contributed by atoms with Crippen molar-refractivity contribution in [3.8, 4) is 11.8 Å². The van der Waals surface area contributed by atoms with Crippen LogP contribution in [0.2, 0.25) is 0 Å². The molecule has 1 aliphatic rings. The van der Waals surface area contributed by atoms with Gasteiger partial charge in [0.1, 0.15) is 0 Å². The molecule has 0 atom stereocenters. The van der Waals surface area contributed by atoms with E-state index >= 15 is 0 Å². The maximum Gasteiger partial charge on any atom is 0.337 e. The molecule has 2 aromatic carbocycles. The van der Waals surface area contributed by atoms with Gasteiger partial charge in [-0.3, -0.25) is 4.79 Å². The average molecular weight is 332 g/mol. The number of ether oxygens (including phenoxy) is 1. The lowest BCUT2D eigenvalue weighted by molar-refractivity contribution is 0.0600. The molecule has 126 valence electrons. The molecule has 0 fully saturated rings. The Morgan fingerprint density at radius 3 is 2.36 bits per heavy atom. The van der Waals surface area contributed by atoms with Gasteiger partial charge in [0.15, 0.2) is 5.78 Å². The minimum Gasteiger partial charge on any atom is -0.465 e. The Labute approximate surface area is 148 Å². The van der Waals surface area contributed by atoms with Gasteiger partial charge in [0.25, 0.3) is 0 Å². The number of carbonyl (C=O) groups is 2. The highest BCUT2D eigenvalue weighted by Gasteiger charge is 2.31. The van der Waals surface area contributed by atoms with E-state index in [1.54, 1.807) is 24.3 Å². The summed E-state index contributed by atoms with van der Waals surface area (Å²) in [5.74, 6) is 6.01. The summed E-state index contributed by atoms with van der Waals surface area (Å²) in [7, 11) is 1.36. The highest BCUT2D eigenvalue weighted by atomic mass is 16.5. The maximum atomic E-state index is 12.2. The summed E-state index contributed by atoms with van der Waals surface area (Å²) in [6.07, 6.45) is 1.47. The minimum absolute atomic E-state index is 0.0267. The maximum absolute atomic E-state index is 12.2. The van der Waals surface area contributed by atoms with Crippen molar-refractivity contribution in [3.63, 3.8) is 0 Å². The molecule has 0 saturated heterocycles. The number of rotatable bonds is 1. The second kappa shape index (κ2) is 6.57. The third-order valence-corrected chi connectivity index (χ3v) is 4.68. The number of hydrogen-bond donors (Lipinski definition) is 0. The lowest BCUT2D eigenvalue weighted by Gasteiger charge is -2.31. The van der Waals surface area contributed by atoms with Gasteiger partial charge in [-0.15, -0.1) is 0 Å². The van der Waals surface area contributed by atoms with E-state index in [-0.39, 0.29) is 17.2 Å². The second-order valence-corrected chi connectivity index (χ2v) is 6.89. The van der Waals surface area contributed by atoms with E-state index < -0.39 is 0 Å². The summed E-state index contributed by atoms with van der Waals surface area (Å²) < 4.78 is 4.68. The van der Waals surface area contributed by atoms with Crippen LogP contribution in [0.25, 0.3) is 0 Å². The van der Waals surface area contributed by atoms with Gasteiger partial charge in [0.2, 0.25) is 0 Å². The van der Waals surface area contributed by atoms with Gasteiger partial charge in [-0.1, -0.05) is 31.8 Å². The van der Waals surface area contributed by atoms with Crippen molar-refractivity contribution < 1.29 is 14.3 Å². The topological polar surface area (TPSA) is 43.4 Å². The minimum atomic E-state index is -0.365. The molecule has 25 heavy (non-hydrogen) atoms. The number of fused-ring (bicyclic) bond motifs is 1. The van der Waals surface area contributed by atoms with Crippen molar-refractivity contribution in [2.75, 3.05) is 7.11 Å². The number of methoxy groups -OCH3 is 1. The monoisotopic (exact) mass is 332 g/mol. The number of hydrogen-bond acceptors (Lipinski definition) is 3. The Hall–Kier alpha value is -2.86. The smallest absolute Gasteiger partial charge is 0.337 e. The summed E-state index contributed by atoms with van der Waals surface area (Å²) in [5.41, 5.74) is 4.05. The van der Waals surface area contributed by atoms with Crippen molar-refractivity contribution in [1.82, 2.24) is 0 Å². The molecule has 2 aromatic rings.